The zero-order valence-corrected chi connectivity index (χ0v) is 9.93. The van der Waals surface area contributed by atoms with Crippen LogP contribution in [0.3, 0.4) is 0 Å². The van der Waals surface area contributed by atoms with Crippen molar-refractivity contribution in [1.82, 2.24) is 4.90 Å². The van der Waals surface area contributed by atoms with Crippen molar-refractivity contribution in [2.45, 2.75) is 0 Å². The van der Waals surface area contributed by atoms with Crippen molar-refractivity contribution in [1.29, 1.82) is 10.5 Å². The van der Waals surface area contributed by atoms with Crippen molar-refractivity contribution in [3.8, 4) is 12.1 Å². The lowest BCUT2D eigenvalue weighted by Gasteiger charge is -2.17. The summed E-state index contributed by atoms with van der Waals surface area (Å²) in [6.45, 7) is -0.963. The van der Waals surface area contributed by atoms with Crippen LogP contribution >= 0.6 is 0 Å². The number of benzene rings is 1. The van der Waals surface area contributed by atoms with Crippen molar-refractivity contribution < 1.29 is 23.5 Å². The summed E-state index contributed by atoms with van der Waals surface area (Å²) < 4.78 is 26.2. The van der Waals surface area contributed by atoms with Crippen LogP contribution in [-0.2, 0) is 0 Å². The van der Waals surface area contributed by atoms with Gasteiger partial charge >= 0.3 is 5.97 Å². The second-order valence-electron chi connectivity index (χ2n) is 3.59. The molecule has 1 amide bonds. The lowest BCUT2D eigenvalue weighted by molar-refractivity contribution is 0.0680. The van der Waals surface area contributed by atoms with E-state index in [1.54, 1.807) is 12.1 Å². The van der Waals surface area contributed by atoms with Gasteiger partial charge in [-0.25, -0.2) is 13.6 Å². The first-order valence-corrected chi connectivity index (χ1v) is 5.17. The lowest BCUT2D eigenvalue weighted by Crippen LogP contribution is -2.33. The van der Waals surface area contributed by atoms with E-state index >= 15 is 0 Å². The highest BCUT2D eigenvalue weighted by atomic mass is 19.2. The molecule has 8 heteroatoms. The van der Waals surface area contributed by atoms with Gasteiger partial charge in [-0.2, -0.15) is 10.5 Å². The zero-order chi connectivity index (χ0) is 15.3. The van der Waals surface area contributed by atoms with Crippen molar-refractivity contribution in [2.24, 2.45) is 0 Å². The number of amides is 1. The van der Waals surface area contributed by atoms with E-state index in [1.165, 1.54) is 0 Å². The van der Waals surface area contributed by atoms with E-state index in [2.05, 4.69) is 0 Å². The van der Waals surface area contributed by atoms with Gasteiger partial charge in [0.2, 0.25) is 0 Å². The molecule has 0 aromatic heterocycles. The molecule has 0 saturated heterocycles. The van der Waals surface area contributed by atoms with Crippen LogP contribution in [0.4, 0.5) is 8.78 Å². The van der Waals surface area contributed by atoms with Gasteiger partial charge in [0.05, 0.1) is 23.3 Å². The number of hydrogen-bond acceptors (Lipinski definition) is 4. The fraction of sp³-hybridized carbons (Fsp3) is 0.167. The highest BCUT2D eigenvalue weighted by Crippen LogP contribution is 2.17. The smallest absolute Gasteiger partial charge is 0.336 e. The molecule has 0 aliphatic carbocycles. The van der Waals surface area contributed by atoms with Crippen LogP contribution in [0, 0.1) is 34.3 Å². The monoisotopic (exact) mass is 279 g/mol. The van der Waals surface area contributed by atoms with Crippen LogP contribution in [0.2, 0.25) is 0 Å². The minimum absolute atomic E-state index is 0.377. The SMILES string of the molecule is N#CCN(CC#N)C(=O)c1cc(F)c(F)cc1C(=O)O. The molecule has 1 N–H and O–H groups in total. The van der Waals surface area contributed by atoms with Crippen molar-refractivity contribution in [3.63, 3.8) is 0 Å². The molecule has 1 rings (SSSR count). The van der Waals surface area contributed by atoms with Gasteiger partial charge in [-0.05, 0) is 12.1 Å². The average Bonchev–Trinajstić information content (AvgIpc) is 2.40. The van der Waals surface area contributed by atoms with Gasteiger partial charge in [0, 0.05) is 0 Å². The molecule has 0 aliphatic heterocycles. The Morgan fingerprint density at radius 2 is 1.55 bits per heavy atom. The summed E-state index contributed by atoms with van der Waals surface area (Å²) in [4.78, 5) is 23.6. The molecular formula is C12H7F2N3O3. The molecule has 0 atom stereocenters. The zero-order valence-electron chi connectivity index (χ0n) is 9.93. The van der Waals surface area contributed by atoms with Crippen LogP contribution in [0.5, 0.6) is 0 Å². The summed E-state index contributed by atoms with van der Waals surface area (Å²) >= 11 is 0. The lowest BCUT2D eigenvalue weighted by atomic mass is 10.1. The van der Waals surface area contributed by atoms with Gasteiger partial charge < -0.3 is 10.0 Å². The molecular weight excluding hydrogens is 272 g/mol. The second-order valence-corrected chi connectivity index (χ2v) is 3.59. The Labute approximate surface area is 112 Å². The number of hydrogen-bond donors (Lipinski definition) is 1. The third kappa shape index (κ3) is 3.06. The molecule has 0 aliphatic rings. The van der Waals surface area contributed by atoms with Crippen molar-refractivity contribution in [2.75, 3.05) is 13.1 Å². The first-order chi connectivity index (χ1) is 9.42. The van der Waals surface area contributed by atoms with Crippen LogP contribution < -0.4 is 0 Å². The molecule has 1 aromatic rings. The van der Waals surface area contributed by atoms with Gasteiger partial charge in [-0.15, -0.1) is 0 Å². The van der Waals surface area contributed by atoms with E-state index in [4.69, 9.17) is 15.6 Å². The summed E-state index contributed by atoms with van der Waals surface area (Å²) in [6.07, 6.45) is 0. The number of nitrogens with zero attached hydrogens (tertiary/aromatic N) is 3. The average molecular weight is 279 g/mol. The highest BCUT2D eigenvalue weighted by molar-refractivity contribution is 6.04. The van der Waals surface area contributed by atoms with Crippen molar-refractivity contribution >= 4 is 11.9 Å². The third-order valence-electron chi connectivity index (χ3n) is 2.33. The first-order valence-electron chi connectivity index (χ1n) is 5.17. The molecule has 20 heavy (non-hydrogen) atoms. The number of aromatic carboxylic acids is 1. The Morgan fingerprint density at radius 3 is 1.95 bits per heavy atom. The van der Waals surface area contributed by atoms with E-state index in [1.807, 2.05) is 0 Å². The summed E-state index contributed by atoms with van der Waals surface area (Å²) in [5.41, 5.74) is -1.36. The Morgan fingerprint density at radius 1 is 1.10 bits per heavy atom. The van der Waals surface area contributed by atoms with Gasteiger partial charge in [0.25, 0.3) is 5.91 Å². The molecule has 0 bridgehead atoms. The van der Waals surface area contributed by atoms with E-state index in [9.17, 15) is 18.4 Å². The van der Waals surface area contributed by atoms with Crippen LogP contribution in [-0.4, -0.2) is 35.0 Å². The maximum atomic E-state index is 13.1. The number of rotatable bonds is 4. The van der Waals surface area contributed by atoms with Gasteiger partial charge in [0.15, 0.2) is 11.6 Å². The number of carbonyl (C=O) groups excluding carboxylic acids is 1. The molecule has 0 radical (unpaired) electrons. The fourth-order valence-corrected chi connectivity index (χ4v) is 1.44. The van der Waals surface area contributed by atoms with Crippen LogP contribution in [0.25, 0.3) is 0 Å². The molecule has 0 heterocycles. The number of carbonyl (C=O) groups is 2. The topological polar surface area (TPSA) is 105 Å². The Balaban J connectivity index is 3.34. The summed E-state index contributed by atoms with van der Waals surface area (Å²) in [6, 6.07) is 4.04. The quantitative estimate of drug-likeness (QED) is 0.832. The van der Waals surface area contributed by atoms with Crippen LogP contribution in [0.1, 0.15) is 20.7 Å². The molecule has 1 aromatic carbocycles. The summed E-state index contributed by atoms with van der Waals surface area (Å²) in [5, 5.41) is 25.9. The standard InChI is InChI=1S/C12H7F2N3O3/c13-9-5-7(8(12(19)20)6-10(9)14)11(18)17(3-1-15)4-2-16/h5-6H,3-4H2,(H,19,20). The van der Waals surface area contributed by atoms with E-state index in [0.29, 0.717) is 12.1 Å². The van der Waals surface area contributed by atoms with Crippen molar-refractivity contribution in [3.05, 3.63) is 34.9 Å². The molecule has 6 nitrogen and oxygen atoms in total. The normalized spacial score (nSPS) is 9.40. The summed E-state index contributed by atoms with van der Waals surface area (Å²) in [5.74, 6) is -5.47. The van der Waals surface area contributed by atoms with Gasteiger partial charge in [0.1, 0.15) is 13.1 Å². The highest BCUT2D eigenvalue weighted by Gasteiger charge is 2.24. The number of nitriles is 2. The third-order valence-corrected chi connectivity index (χ3v) is 2.33. The van der Waals surface area contributed by atoms with E-state index in [0.717, 1.165) is 4.90 Å². The first kappa shape index (κ1) is 15.1. The second kappa shape index (κ2) is 6.25. The Kier molecular flexibility index (Phi) is 4.71. The number of halogens is 2. The predicted octanol–water partition coefficient (Wildman–Crippen LogP) is 1.15. The molecule has 102 valence electrons. The van der Waals surface area contributed by atoms with Crippen LogP contribution in [0.15, 0.2) is 12.1 Å². The predicted molar refractivity (Wildman–Crippen MR) is 60.4 cm³/mol. The van der Waals surface area contributed by atoms with E-state index < -0.39 is 47.7 Å². The largest absolute Gasteiger partial charge is 0.478 e. The fourth-order valence-electron chi connectivity index (χ4n) is 1.44. The number of carboxylic acid groups (broad SMARTS) is 1. The molecule has 0 unspecified atom stereocenters. The molecule has 0 saturated carbocycles. The Hall–Kier alpha value is -3.00. The van der Waals surface area contributed by atoms with Gasteiger partial charge in [-0.3, -0.25) is 4.79 Å². The number of carboxylic acids is 1. The maximum absolute atomic E-state index is 13.1. The minimum atomic E-state index is -1.62. The molecule has 0 spiro atoms. The molecule has 0 fully saturated rings. The summed E-state index contributed by atoms with van der Waals surface area (Å²) in [7, 11) is 0. The minimum Gasteiger partial charge on any atom is -0.478 e. The van der Waals surface area contributed by atoms with Gasteiger partial charge in [-0.1, -0.05) is 0 Å². The van der Waals surface area contributed by atoms with E-state index in [-0.39, 0.29) is 0 Å². The Bertz CT molecular complexity index is 631. The maximum Gasteiger partial charge on any atom is 0.336 e.